The van der Waals surface area contributed by atoms with Crippen molar-refractivity contribution in [2.75, 3.05) is 6.61 Å². The van der Waals surface area contributed by atoms with Gasteiger partial charge in [-0.3, -0.25) is 0 Å². The molecule has 0 aliphatic rings. The van der Waals surface area contributed by atoms with Gasteiger partial charge in [-0.05, 0) is 31.4 Å². The molecule has 4 nitrogen and oxygen atoms in total. The molecule has 158 valence electrons. The summed E-state index contributed by atoms with van der Waals surface area (Å²) in [6, 6.07) is 6.75. The van der Waals surface area contributed by atoms with Crippen LogP contribution in [0, 0.1) is 0 Å². The third-order valence-corrected chi connectivity index (χ3v) is 4.94. The molecule has 1 unspecified atom stereocenters. The molecule has 0 aliphatic heterocycles. The van der Waals surface area contributed by atoms with Gasteiger partial charge in [0.15, 0.2) is 0 Å². The van der Waals surface area contributed by atoms with Gasteiger partial charge in [-0.25, -0.2) is 9.59 Å². The fourth-order valence-corrected chi connectivity index (χ4v) is 3.20. The first-order valence-electron chi connectivity index (χ1n) is 11.1. The molecular weight excluding hydrogens is 352 g/mol. The molecule has 0 heterocycles. The van der Waals surface area contributed by atoms with Crippen molar-refractivity contribution in [3.05, 3.63) is 35.4 Å². The van der Waals surface area contributed by atoms with Crippen LogP contribution in [0.15, 0.2) is 24.3 Å². The summed E-state index contributed by atoms with van der Waals surface area (Å²) in [5.41, 5.74) is 0.580. The summed E-state index contributed by atoms with van der Waals surface area (Å²) < 4.78 is 11.0. The number of esters is 2. The Bertz CT molecular complexity index is 567. The Hall–Kier alpha value is -1.84. The topological polar surface area (TPSA) is 52.6 Å². The molecule has 0 aromatic heterocycles. The van der Waals surface area contributed by atoms with Crippen molar-refractivity contribution in [2.45, 2.75) is 97.5 Å². The van der Waals surface area contributed by atoms with Crippen molar-refractivity contribution in [2.24, 2.45) is 0 Å². The Morgan fingerprint density at radius 2 is 1.36 bits per heavy atom. The molecule has 0 fully saturated rings. The first-order valence-corrected chi connectivity index (χ1v) is 11.1. The van der Waals surface area contributed by atoms with Crippen molar-refractivity contribution in [1.29, 1.82) is 0 Å². The van der Waals surface area contributed by atoms with Gasteiger partial charge in [-0.15, -0.1) is 0 Å². The lowest BCUT2D eigenvalue weighted by molar-refractivity contribution is 0.0262. The highest BCUT2D eigenvalue weighted by molar-refractivity contribution is 6.03. The van der Waals surface area contributed by atoms with Crippen LogP contribution in [0.25, 0.3) is 0 Å². The van der Waals surface area contributed by atoms with Crippen LogP contribution in [0.2, 0.25) is 0 Å². The molecule has 28 heavy (non-hydrogen) atoms. The van der Waals surface area contributed by atoms with Crippen LogP contribution in [0.3, 0.4) is 0 Å². The summed E-state index contributed by atoms with van der Waals surface area (Å²) in [6.45, 7) is 6.68. The molecule has 1 rings (SSSR count). The zero-order chi connectivity index (χ0) is 20.6. The van der Waals surface area contributed by atoms with Crippen LogP contribution < -0.4 is 0 Å². The Balaban J connectivity index is 2.44. The highest BCUT2D eigenvalue weighted by atomic mass is 16.5. The molecule has 0 N–H and O–H groups in total. The largest absolute Gasteiger partial charge is 0.462 e. The monoisotopic (exact) mass is 390 g/mol. The van der Waals surface area contributed by atoms with E-state index in [1.807, 2.05) is 6.92 Å². The van der Waals surface area contributed by atoms with Crippen LogP contribution in [0.1, 0.15) is 112 Å². The lowest BCUT2D eigenvalue weighted by Crippen LogP contribution is -2.20. The Labute approximate surface area is 171 Å². The summed E-state index contributed by atoms with van der Waals surface area (Å²) >= 11 is 0. The highest BCUT2D eigenvalue weighted by Gasteiger charge is 2.21. The molecule has 1 atom stereocenters. The first-order chi connectivity index (χ1) is 13.6. The van der Waals surface area contributed by atoms with E-state index in [9.17, 15) is 9.59 Å². The Morgan fingerprint density at radius 1 is 0.786 bits per heavy atom. The zero-order valence-electron chi connectivity index (χ0n) is 18.0. The third-order valence-electron chi connectivity index (χ3n) is 4.94. The number of carbonyl (C=O) groups is 2. The van der Waals surface area contributed by atoms with Gasteiger partial charge < -0.3 is 9.47 Å². The molecule has 0 radical (unpaired) electrons. The zero-order valence-corrected chi connectivity index (χ0v) is 18.0. The van der Waals surface area contributed by atoms with E-state index in [1.165, 1.54) is 38.5 Å². The number of hydrogen-bond acceptors (Lipinski definition) is 4. The van der Waals surface area contributed by atoms with E-state index < -0.39 is 11.9 Å². The van der Waals surface area contributed by atoms with E-state index in [1.54, 1.807) is 24.3 Å². The molecular formula is C24H38O4. The summed E-state index contributed by atoms with van der Waals surface area (Å²) in [4.78, 5) is 24.9. The number of ether oxygens (including phenoxy) is 2. The average molecular weight is 391 g/mol. The molecule has 4 heteroatoms. The second-order valence-corrected chi connectivity index (χ2v) is 7.38. The standard InChI is InChI=1S/C24H38O4/c1-4-7-8-9-10-11-12-15-19-27-23(25)21-17-13-14-18-22(21)24(26)28-20(6-3)16-5-2/h13-14,17-18,20H,4-12,15-16,19H2,1-3H3. The SMILES string of the molecule is CCCCCCCCCCOC(=O)c1ccccc1C(=O)OC(CC)CCC. The van der Waals surface area contributed by atoms with Gasteiger partial charge in [0, 0.05) is 0 Å². The maximum absolute atomic E-state index is 12.5. The van der Waals surface area contributed by atoms with Crippen LogP contribution in [-0.4, -0.2) is 24.6 Å². The van der Waals surface area contributed by atoms with E-state index in [4.69, 9.17) is 9.47 Å². The van der Waals surface area contributed by atoms with E-state index in [-0.39, 0.29) is 11.7 Å². The van der Waals surface area contributed by atoms with Crippen LogP contribution in [0.4, 0.5) is 0 Å². The van der Waals surface area contributed by atoms with Crippen molar-refractivity contribution in [3.8, 4) is 0 Å². The average Bonchev–Trinajstić information content (AvgIpc) is 2.72. The lowest BCUT2D eigenvalue weighted by atomic mass is 10.1. The molecule has 0 amide bonds. The maximum Gasteiger partial charge on any atom is 0.339 e. The summed E-state index contributed by atoms with van der Waals surface area (Å²) in [7, 11) is 0. The van der Waals surface area contributed by atoms with E-state index in [0.29, 0.717) is 12.2 Å². The minimum atomic E-state index is -0.445. The molecule has 1 aromatic carbocycles. The minimum absolute atomic E-state index is 0.112. The molecule has 0 bridgehead atoms. The molecule has 0 saturated carbocycles. The van der Waals surface area contributed by atoms with E-state index in [0.717, 1.165) is 32.1 Å². The van der Waals surface area contributed by atoms with Gasteiger partial charge in [0.1, 0.15) is 6.10 Å². The number of hydrogen-bond donors (Lipinski definition) is 0. The van der Waals surface area contributed by atoms with Crippen molar-refractivity contribution in [3.63, 3.8) is 0 Å². The molecule has 0 saturated heterocycles. The minimum Gasteiger partial charge on any atom is -0.462 e. The van der Waals surface area contributed by atoms with Crippen LogP contribution >= 0.6 is 0 Å². The summed E-state index contributed by atoms with van der Waals surface area (Å²) in [5.74, 6) is -0.890. The Kier molecular flexibility index (Phi) is 13.1. The second-order valence-electron chi connectivity index (χ2n) is 7.38. The fraction of sp³-hybridized carbons (Fsp3) is 0.667. The van der Waals surface area contributed by atoms with Gasteiger partial charge >= 0.3 is 11.9 Å². The van der Waals surface area contributed by atoms with Crippen molar-refractivity contribution < 1.29 is 19.1 Å². The van der Waals surface area contributed by atoms with Crippen molar-refractivity contribution >= 4 is 11.9 Å². The van der Waals surface area contributed by atoms with E-state index in [2.05, 4.69) is 13.8 Å². The highest BCUT2D eigenvalue weighted by Crippen LogP contribution is 2.16. The third kappa shape index (κ3) is 9.38. The normalized spacial score (nSPS) is 11.8. The van der Waals surface area contributed by atoms with E-state index >= 15 is 0 Å². The van der Waals surface area contributed by atoms with Gasteiger partial charge in [-0.1, -0.05) is 84.3 Å². The van der Waals surface area contributed by atoms with Gasteiger partial charge in [0.25, 0.3) is 0 Å². The maximum atomic E-state index is 12.5. The lowest BCUT2D eigenvalue weighted by Gasteiger charge is -2.16. The quantitative estimate of drug-likeness (QED) is 0.246. The fourth-order valence-electron chi connectivity index (χ4n) is 3.20. The molecule has 0 aliphatic carbocycles. The van der Waals surface area contributed by atoms with Crippen molar-refractivity contribution in [1.82, 2.24) is 0 Å². The molecule has 0 spiro atoms. The van der Waals surface area contributed by atoms with Gasteiger partial charge in [-0.2, -0.15) is 0 Å². The summed E-state index contributed by atoms with van der Waals surface area (Å²) in [6.07, 6.45) is 12.0. The van der Waals surface area contributed by atoms with Crippen LogP contribution in [0.5, 0.6) is 0 Å². The smallest absolute Gasteiger partial charge is 0.339 e. The number of rotatable bonds is 15. The summed E-state index contributed by atoms with van der Waals surface area (Å²) in [5, 5.41) is 0. The molecule has 1 aromatic rings. The van der Waals surface area contributed by atoms with Gasteiger partial charge in [0.2, 0.25) is 0 Å². The van der Waals surface area contributed by atoms with Gasteiger partial charge in [0.05, 0.1) is 17.7 Å². The second kappa shape index (κ2) is 15.1. The number of benzene rings is 1. The predicted molar refractivity (Wildman–Crippen MR) is 114 cm³/mol. The number of carbonyl (C=O) groups excluding carboxylic acids is 2. The van der Waals surface area contributed by atoms with Crippen LogP contribution in [-0.2, 0) is 9.47 Å². The number of unbranched alkanes of at least 4 members (excludes halogenated alkanes) is 7. The first kappa shape index (κ1) is 24.2. The Morgan fingerprint density at radius 3 is 1.93 bits per heavy atom. The predicted octanol–water partition coefficient (Wildman–Crippen LogP) is 6.72.